The number of ether oxygens (including phenoxy) is 1. The summed E-state index contributed by atoms with van der Waals surface area (Å²) in [5, 5.41) is 14.6. The van der Waals surface area contributed by atoms with Crippen molar-refractivity contribution in [2.75, 3.05) is 11.9 Å². The Hall–Kier alpha value is -4.13. The van der Waals surface area contributed by atoms with Gasteiger partial charge >= 0.3 is 12.1 Å². The van der Waals surface area contributed by atoms with Crippen LogP contribution in [-0.4, -0.2) is 35.2 Å². The molecule has 35 heavy (non-hydrogen) atoms. The number of carboxylic acid groups (broad SMARTS) is 1. The second-order valence-corrected chi connectivity index (χ2v) is 9.23. The highest BCUT2D eigenvalue weighted by atomic mass is 16.5. The Morgan fingerprint density at radius 3 is 2.20 bits per heavy atom. The molecule has 2 aliphatic rings. The molecule has 1 saturated carbocycles. The maximum absolute atomic E-state index is 12.6. The molecule has 2 amide bonds. The molecule has 3 aromatic carbocycles. The van der Waals surface area contributed by atoms with Gasteiger partial charge in [0.25, 0.3) is 0 Å². The van der Waals surface area contributed by atoms with Crippen LogP contribution < -0.4 is 10.6 Å². The number of anilines is 1. The van der Waals surface area contributed by atoms with Crippen LogP contribution in [0.5, 0.6) is 0 Å². The summed E-state index contributed by atoms with van der Waals surface area (Å²) in [6.07, 6.45) is 0.880. The van der Waals surface area contributed by atoms with E-state index < -0.39 is 17.6 Å². The van der Waals surface area contributed by atoms with Crippen molar-refractivity contribution in [3.8, 4) is 11.1 Å². The van der Waals surface area contributed by atoms with Gasteiger partial charge < -0.3 is 20.5 Å². The fourth-order valence-corrected chi connectivity index (χ4v) is 4.79. The average molecular weight is 471 g/mol. The highest BCUT2D eigenvalue weighted by Crippen LogP contribution is 2.44. The molecule has 0 saturated heterocycles. The lowest BCUT2D eigenvalue weighted by Crippen LogP contribution is -2.40. The number of carbonyl (C=O) groups excluding carboxylic acids is 2. The Balaban J connectivity index is 1.17. The second-order valence-electron chi connectivity index (χ2n) is 9.23. The quantitative estimate of drug-likeness (QED) is 0.442. The lowest BCUT2D eigenvalue weighted by atomic mass is 9.98. The zero-order valence-electron chi connectivity index (χ0n) is 19.1. The number of amides is 2. The van der Waals surface area contributed by atoms with E-state index >= 15 is 0 Å². The predicted octanol–water partition coefficient (Wildman–Crippen LogP) is 4.71. The molecule has 0 aromatic heterocycles. The van der Waals surface area contributed by atoms with E-state index in [9.17, 15) is 14.4 Å². The third-order valence-corrected chi connectivity index (χ3v) is 6.63. The van der Waals surface area contributed by atoms with Crippen LogP contribution >= 0.6 is 0 Å². The Bertz CT molecular complexity index is 1250. The molecule has 0 heterocycles. The maximum Gasteiger partial charge on any atom is 0.407 e. The average Bonchev–Trinajstić information content (AvgIpc) is 3.49. The summed E-state index contributed by atoms with van der Waals surface area (Å²) in [5.41, 5.74) is 5.16. The summed E-state index contributed by atoms with van der Waals surface area (Å²) < 4.78 is 5.63. The van der Waals surface area contributed by atoms with E-state index in [4.69, 9.17) is 9.84 Å². The SMILES string of the molecule is O=C(O)Cc1cccc(NC(=O)CC2(NC(=O)OCC3c4ccccc4-c4ccccc43)CC2)c1. The molecule has 3 aromatic rings. The third-order valence-electron chi connectivity index (χ3n) is 6.63. The van der Waals surface area contributed by atoms with Gasteiger partial charge in [0.2, 0.25) is 5.91 Å². The number of nitrogens with one attached hydrogen (secondary N) is 2. The molecule has 1 fully saturated rings. The van der Waals surface area contributed by atoms with Crippen molar-refractivity contribution in [3.05, 3.63) is 89.5 Å². The summed E-state index contributed by atoms with van der Waals surface area (Å²) in [4.78, 5) is 36.2. The third kappa shape index (κ3) is 5.04. The summed E-state index contributed by atoms with van der Waals surface area (Å²) in [6, 6.07) is 23.1. The molecule has 0 atom stereocenters. The van der Waals surface area contributed by atoms with Crippen molar-refractivity contribution in [1.82, 2.24) is 5.32 Å². The molecule has 7 heteroatoms. The lowest BCUT2D eigenvalue weighted by Gasteiger charge is -2.19. The van der Waals surface area contributed by atoms with Crippen molar-refractivity contribution in [2.45, 2.75) is 37.1 Å². The molecule has 0 unspecified atom stereocenters. The van der Waals surface area contributed by atoms with Gasteiger partial charge in [0, 0.05) is 11.6 Å². The molecule has 7 nitrogen and oxygen atoms in total. The molecule has 0 spiro atoms. The van der Waals surface area contributed by atoms with Gasteiger partial charge in [0.05, 0.1) is 18.4 Å². The smallest absolute Gasteiger partial charge is 0.407 e. The van der Waals surface area contributed by atoms with E-state index in [0.717, 1.165) is 11.1 Å². The van der Waals surface area contributed by atoms with Gasteiger partial charge in [0.1, 0.15) is 6.61 Å². The number of benzene rings is 3. The minimum atomic E-state index is -0.933. The fourth-order valence-electron chi connectivity index (χ4n) is 4.79. The number of hydrogen-bond donors (Lipinski definition) is 3. The first-order valence-electron chi connectivity index (χ1n) is 11.7. The minimum Gasteiger partial charge on any atom is -0.481 e. The van der Waals surface area contributed by atoms with Crippen molar-refractivity contribution in [1.29, 1.82) is 0 Å². The number of rotatable bonds is 8. The number of aliphatic carboxylic acids is 1. The van der Waals surface area contributed by atoms with Gasteiger partial charge in [-0.1, -0.05) is 60.7 Å². The molecule has 0 bridgehead atoms. The molecule has 0 radical (unpaired) electrons. The summed E-state index contributed by atoms with van der Waals surface area (Å²) in [7, 11) is 0. The standard InChI is InChI=1S/C28H26N2O5/c31-25(29-19-7-5-6-18(14-19)15-26(32)33)16-28(12-13-28)30-27(34)35-17-24-22-10-3-1-8-20(22)21-9-2-4-11-23(21)24/h1-11,14,24H,12-13,15-17H2,(H,29,31)(H,30,34)(H,32,33). The van der Waals surface area contributed by atoms with Crippen LogP contribution in [0.3, 0.4) is 0 Å². The lowest BCUT2D eigenvalue weighted by molar-refractivity contribution is -0.136. The van der Waals surface area contributed by atoms with Crippen LogP contribution in [-0.2, 0) is 20.7 Å². The molecular formula is C28H26N2O5. The van der Waals surface area contributed by atoms with Gasteiger partial charge in [-0.25, -0.2) is 4.79 Å². The molecule has 178 valence electrons. The number of hydrogen-bond acceptors (Lipinski definition) is 4. The van der Waals surface area contributed by atoms with Gasteiger partial charge in [-0.05, 0) is 52.8 Å². The van der Waals surface area contributed by atoms with Gasteiger partial charge in [-0.15, -0.1) is 0 Å². The number of carboxylic acids is 1. The van der Waals surface area contributed by atoms with Gasteiger partial charge in [-0.2, -0.15) is 0 Å². The first-order chi connectivity index (χ1) is 16.9. The van der Waals surface area contributed by atoms with Crippen LogP contribution in [0.1, 0.15) is 41.9 Å². The fraction of sp³-hybridized carbons (Fsp3) is 0.250. The number of carbonyl (C=O) groups is 3. The minimum absolute atomic E-state index is 0.0234. The van der Waals surface area contributed by atoms with Gasteiger partial charge in [-0.3, -0.25) is 9.59 Å². The first kappa shape index (κ1) is 22.7. The van der Waals surface area contributed by atoms with Crippen LogP contribution in [0.2, 0.25) is 0 Å². The first-order valence-corrected chi connectivity index (χ1v) is 11.7. The van der Waals surface area contributed by atoms with Crippen LogP contribution in [0.4, 0.5) is 10.5 Å². The molecular weight excluding hydrogens is 444 g/mol. The Kier molecular flexibility index (Phi) is 5.99. The maximum atomic E-state index is 12.6. The van der Waals surface area contributed by atoms with Gasteiger partial charge in [0.15, 0.2) is 0 Å². The van der Waals surface area contributed by atoms with E-state index in [-0.39, 0.29) is 31.3 Å². The van der Waals surface area contributed by atoms with E-state index in [2.05, 4.69) is 34.9 Å². The summed E-state index contributed by atoms with van der Waals surface area (Å²) in [5.74, 6) is -1.20. The normalized spacial score (nSPS) is 15.0. The van der Waals surface area contributed by atoms with Crippen LogP contribution in [0, 0.1) is 0 Å². The zero-order chi connectivity index (χ0) is 24.4. The van der Waals surface area contributed by atoms with E-state index in [0.29, 0.717) is 24.1 Å². The Morgan fingerprint density at radius 2 is 1.57 bits per heavy atom. The monoisotopic (exact) mass is 470 g/mol. The largest absolute Gasteiger partial charge is 0.481 e. The van der Waals surface area contributed by atoms with Crippen LogP contribution in [0.25, 0.3) is 11.1 Å². The highest BCUT2D eigenvalue weighted by Gasteiger charge is 2.46. The number of alkyl carbamates (subject to hydrolysis) is 1. The number of fused-ring (bicyclic) bond motifs is 3. The van der Waals surface area contributed by atoms with Crippen molar-refractivity contribution in [3.63, 3.8) is 0 Å². The van der Waals surface area contributed by atoms with E-state index in [1.165, 1.54) is 11.1 Å². The van der Waals surface area contributed by atoms with Crippen molar-refractivity contribution < 1.29 is 24.2 Å². The second kappa shape index (κ2) is 9.25. The molecule has 3 N–H and O–H groups in total. The van der Waals surface area contributed by atoms with Crippen LogP contribution in [0.15, 0.2) is 72.8 Å². The van der Waals surface area contributed by atoms with E-state index in [1.54, 1.807) is 24.3 Å². The highest BCUT2D eigenvalue weighted by molar-refractivity contribution is 5.92. The summed E-state index contributed by atoms with van der Waals surface area (Å²) in [6.45, 7) is 0.221. The van der Waals surface area contributed by atoms with Crippen molar-refractivity contribution >= 4 is 23.7 Å². The molecule has 5 rings (SSSR count). The molecule has 0 aliphatic heterocycles. The van der Waals surface area contributed by atoms with E-state index in [1.807, 2.05) is 24.3 Å². The topological polar surface area (TPSA) is 105 Å². The Morgan fingerprint density at radius 1 is 0.914 bits per heavy atom. The zero-order valence-corrected chi connectivity index (χ0v) is 19.1. The Labute approximate surface area is 203 Å². The summed E-state index contributed by atoms with van der Waals surface area (Å²) >= 11 is 0. The molecule has 2 aliphatic carbocycles. The predicted molar refractivity (Wildman–Crippen MR) is 131 cm³/mol. The van der Waals surface area contributed by atoms with Crippen molar-refractivity contribution in [2.24, 2.45) is 0 Å².